The summed E-state index contributed by atoms with van der Waals surface area (Å²) < 4.78 is 10.9. The zero-order valence-corrected chi connectivity index (χ0v) is 16.8. The van der Waals surface area contributed by atoms with Gasteiger partial charge in [0, 0.05) is 23.9 Å². The first-order valence-corrected chi connectivity index (χ1v) is 9.43. The van der Waals surface area contributed by atoms with Gasteiger partial charge in [0.05, 0.1) is 6.61 Å². The molecule has 0 radical (unpaired) electrons. The molecule has 2 N–H and O–H groups in total. The molecule has 0 heterocycles. The number of hydrogen-bond acceptors (Lipinski definition) is 4. The maximum absolute atomic E-state index is 12.3. The highest BCUT2D eigenvalue weighted by Gasteiger charge is 2.09. The Morgan fingerprint density at radius 2 is 1.85 bits per heavy atom. The number of anilines is 1. The molecular weight excluding hydrogens is 360 g/mol. The molecule has 5 nitrogen and oxygen atoms in total. The van der Waals surface area contributed by atoms with Crippen LogP contribution in [-0.4, -0.2) is 30.8 Å². The lowest BCUT2D eigenvalue weighted by Crippen LogP contribution is -2.34. The van der Waals surface area contributed by atoms with Gasteiger partial charge in [0.2, 0.25) is 0 Å². The number of hydrogen-bond donors (Lipinski definition) is 2. The van der Waals surface area contributed by atoms with Gasteiger partial charge >= 0.3 is 0 Å². The van der Waals surface area contributed by atoms with Crippen molar-refractivity contribution in [3.63, 3.8) is 0 Å². The fourth-order valence-electron chi connectivity index (χ4n) is 2.38. The van der Waals surface area contributed by atoms with Crippen molar-refractivity contribution in [2.45, 2.75) is 26.7 Å². The maximum atomic E-state index is 12.3. The molecule has 2 rings (SSSR count). The van der Waals surface area contributed by atoms with Crippen LogP contribution >= 0.6 is 12.2 Å². The molecule has 0 spiro atoms. The lowest BCUT2D eigenvalue weighted by atomic mass is 10.0. The molecule has 0 aliphatic rings. The second kappa shape index (κ2) is 10.6. The Hall–Kier alpha value is -2.44. The summed E-state index contributed by atoms with van der Waals surface area (Å²) in [6.07, 6.45) is 0. The van der Waals surface area contributed by atoms with E-state index < -0.39 is 0 Å². The highest BCUT2D eigenvalue weighted by atomic mass is 32.1. The molecule has 0 aromatic heterocycles. The van der Waals surface area contributed by atoms with Crippen molar-refractivity contribution in [3.05, 3.63) is 59.7 Å². The number of rotatable bonds is 8. The van der Waals surface area contributed by atoms with Crippen LogP contribution in [0, 0.1) is 0 Å². The number of carbonyl (C=O) groups excluding carboxylic acids is 1. The smallest absolute Gasteiger partial charge is 0.257 e. The summed E-state index contributed by atoms with van der Waals surface area (Å²) in [5, 5.41) is 5.93. The number of carbonyl (C=O) groups is 1. The minimum Gasteiger partial charge on any atom is -0.491 e. The fraction of sp³-hybridized carbons (Fsp3) is 0.333. The molecular formula is C21H26N2O3S. The predicted molar refractivity (Wildman–Crippen MR) is 113 cm³/mol. The number of benzene rings is 2. The number of amides is 1. The van der Waals surface area contributed by atoms with Gasteiger partial charge in [-0.2, -0.15) is 0 Å². The molecule has 144 valence electrons. The van der Waals surface area contributed by atoms with E-state index in [2.05, 4.69) is 24.5 Å². The molecule has 0 saturated carbocycles. The van der Waals surface area contributed by atoms with E-state index in [0.29, 0.717) is 37.1 Å². The zero-order chi connectivity index (χ0) is 19.6. The van der Waals surface area contributed by atoms with Gasteiger partial charge in [-0.05, 0) is 54.9 Å². The number of nitrogens with one attached hydrogen (secondary N) is 2. The first kappa shape index (κ1) is 20.9. The lowest BCUT2D eigenvalue weighted by Gasteiger charge is -2.12. The Kier molecular flexibility index (Phi) is 8.23. The summed E-state index contributed by atoms with van der Waals surface area (Å²) >= 11 is 5.24. The molecule has 2 aromatic rings. The van der Waals surface area contributed by atoms with Crippen molar-refractivity contribution in [2.24, 2.45) is 0 Å². The van der Waals surface area contributed by atoms with Crippen molar-refractivity contribution in [3.8, 4) is 5.75 Å². The highest BCUT2D eigenvalue weighted by molar-refractivity contribution is 7.80. The van der Waals surface area contributed by atoms with Gasteiger partial charge in [0.1, 0.15) is 12.4 Å². The molecule has 0 bridgehead atoms. The van der Waals surface area contributed by atoms with Crippen molar-refractivity contribution in [1.82, 2.24) is 5.32 Å². The Morgan fingerprint density at radius 1 is 1.11 bits per heavy atom. The Labute approximate surface area is 166 Å². The molecule has 0 unspecified atom stereocenters. The van der Waals surface area contributed by atoms with Crippen LogP contribution in [0.5, 0.6) is 5.75 Å². The summed E-state index contributed by atoms with van der Waals surface area (Å²) in [5.74, 6) is 0.887. The summed E-state index contributed by atoms with van der Waals surface area (Å²) in [6, 6.07) is 14.9. The van der Waals surface area contributed by atoms with E-state index in [4.69, 9.17) is 21.7 Å². The third kappa shape index (κ3) is 7.00. The van der Waals surface area contributed by atoms with Crippen molar-refractivity contribution in [2.75, 3.05) is 25.1 Å². The van der Waals surface area contributed by atoms with E-state index in [-0.39, 0.29) is 11.0 Å². The number of ether oxygens (including phenoxy) is 2. The maximum Gasteiger partial charge on any atom is 0.257 e. The van der Waals surface area contributed by atoms with E-state index in [9.17, 15) is 4.79 Å². The average Bonchev–Trinajstić information content (AvgIpc) is 2.65. The van der Waals surface area contributed by atoms with Crippen LogP contribution in [0.25, 0.3) is 0 Å². The lowest BCUT2D eigenvalue weighted by molar-refractivity contribution is 0.0977. The van der Waals surface area contributed by atoms with Crippen molar-refractivity contribution in [1.29, 1.82) is 0 Å². The van der Waals surface area contributed by atoms with Gasteiger partial charge in [-0.25, -0.2) is 0 Å². The summed E-state index contributed by atoms with van der Waals surface area (Å²) in [7, 11) is 0. The Bertz CT molecular complexity index is 760. The molecule has 1 amide bonds. The fourth-order valence-corrected chi connectivity index (χ4v) is 2.59. The minimum absolute atomic E-state index is 0.236. The van der Waals surface area contributed by atoms with Crippen LogP contribution in [0.1, 0.15) is 42.6 Å². The summed E-state index contributed by atoms with van der Waals surface area (Å²) in [4.78, 5) is 12.3. The molecule has 0 fully saturated rings. The zero-order valence-electron chi connectivity index (χ0n) is 16.0. The standard InChI is InChI=1S/C21H26N2O3S/c1-4-25-12-13-26-19-7-5-6-18(14-19)22-21(27)23-20(24)17-10-8-16(9-11-17)15(2)3/h5-11,14-15H,4,12-13H2,1-3H3,(H2,22,23,24,27). The van der Waals surface area contributed by atoms with E-state index in [0.717, 1.165) is 5.69 Å². The molecule has 0 aliphatic carbocycles. The Balaban J connectivity index is 1.88. The minimum atomic E-state index is -0.244. The SMILES string of the molecule is CCOCCOc1cccc(NC(=S)NC(=O)c2ccc(C(C)C)cc2)c1. The van der Waals surface area contributed by atoms with Crippen LogP contribution in [0.15, 0.2) is 48.5 Å². The van der Waals surface area contributed by atoms with E-state index in [1.165, 1.54) is 5.56 Å². The van der Waals surface area contributed by atoms with Crippen LogP contribution in [0.2, 0.25) is 0 Å². The summed E-state index contributed by atoms with van der Waals surface area (Å²) in [6.45, 7) is 7.85. The monoisotopic (exact) mass is 386 g/mol. The van der Waals surface area contributed by atoms with Gasteiger partial charge in [-0.15, -0.1) is 0 Å². The topological polar surface area (TPSA) is 59.6 Å². The normalized spacial score (nSPS) is 10.5. The van der Waals surface area contributed by atoms with Crippen molar-refractivity contribution < 1.29 is 14.3 Å². The first-order valence-electron chi connectivity index (χ1n) is 9.02. The van der Waals surface area contributed by atoms with Crippen LogP contribution in [0.4, 0.5) is 5.69 Å². The van der Waals surface area contributed by atoms with Gasteiger partial charge in [-0.1, -0.05) is 32.0 Å². The van der Waals surface area contributed by atoms with Crippen LogP contribution in [-0.2, 0) is 4.74 Å². The average molecular weight is 387 g/mol. The number of thiocarbonyl (C=S) groups is 1. The van der Waals surface area contributed by atoms with E-state index in [1.807, 2.05) is 43.3 Å². The first-order chi connectivity index (χ1) is 13.0. The molecule has 27 heavy (non-hydrogen) atoms. The van der Waals surface area contributed by atoms with Crippen LogP contribution < -0.4 is 15.4 Å². The van der Waals surface area contributed by atoms with Gasteiger partial charge in [0.25, 0.3) is 5.91 Å². The molecule has 0 saturated heterocycles. The summed E-state index contributed by atoms with van der Waals surface area (Å²) in [5.41, 5.74) is 2.49. The van der Waals surface area contributed by atoms with E-state index in [1.54, 1.807) is 12.1 Å². The van der Waals surface area contributed by atoms with Gasteiger partial charge in [0.15, 0.2) is 5.11 Å². The molecule has 6 heteroatoms. The van der Waals surface area contributed by atoms with E-state index >= 15 is 0 Å². The Morgan fingerprint density at radius 3 is 2.52 bits per heavy atom. The second-order valence-corrected chi connectivity index (χ2v) is 6.67. The van der Waals surface area contributed by atoms with Crippen LogP contribution in [0.3, 0.4) is 0 Å². The predicted octanol–water partition coefficient (Wildman–Crippen LogP) is 4.35. The third-order valence-corrected chi connectivity index (χ3v) is 4.06. The van der Waals surface area contributed by atoms with Gasteiger partial charge < -0.3 is 14.8 Å². The second-order valence-electron chi connectivity index (χ2n) is 6.26. The quantitative estimate of drug-likeness (QED) is 0.522. The highest BCUT2D eigenvalue weighted by Crippen LogP contribution is 2.17. The largest absolute Gasteiger partial charge is 0.491 e. The molecule has 2 aromatic carbocycles. The third-order valence-electron chi connectivity index (χ3n) is 3.86. The van der Waals surface area contributed by atoms with Gasteiger partial charge in [-0.3, -0.25) is 10.1 Å². The molecule has 0 aliphatic heterocycles. The van der Waals surface area contributed by atoms with Crippen molar-refractivity contribution >= 4 is 28.9 Å². The molecule has 0 atom stereocenters.